The Bertz CT molecular complexity index is 1110. The Morgan fingerprint density at radius 1 is 1.13 bits per heavy atom. The number of amides is 1. The molecule has 5 rings (SSSR count). The fraction of sp³-hybridized carbons (Fsp3) is 0.333. The van der Waals surface area contributed by atoms with Crippen LogP contribution in [-0.2, 0) is 24.2 Å². The van der Waals surface area contributed by atoms with Gasteiger partial charge >= 0.3 is 0 Å². The molecule has 3 heterocycles. The van der Waals surface area contributed by atoms with Crippen molar-refractivity contribution in [1.29, 1.82) is 0 Å². The second kappa shape index (κ2) is 7.35. The van der Waals surface area contributed by atoms with Gasteiger partial charge in [-0.1, -0.05) is 30.3 Å². The number of nitrogens with zero attached hydrogens (tertiary/aromatic N) is 3. The summed E-state index contributed by atoms with van der Waals surface area (Å²) in [7, 11) is 0. The van der Waals surface area contributed by atoms with E-state index in [9.17, 15) is 13.6 Å². The van der Waals surface area contributed by atoms with Gasteiger partial charge in [0.15, 0.2) is 0 Å². The Morgan fingerprint density at radius 3 is 2.73 bits per heavy atom. The average Bonchev–Trinajstić information content (AvgIpc) is 3.18. The molecule has 0 radical (unpaired) electrons. The van der Waals surface area contributed by atoms with Gasteiger partial charge < -0.3 is 9.47 Å². The number of carbonyl (C=O) groups is 1. The van der Waals surface area contributed by atoms with Crippen LogP contribution in [0.2, 0.25) is 0 Å². The van der Waals surface area contributed by atoms with Gasteiger partial charge in [0.1, 0.15) is 17.5 Å². The van der Waals surface area contributed by atoms with E-state index < -0.39 is 11.6 Å². The minimum atomic E-state index is -0.595. The van der Waals surface area contributed by atoms with Crippen LogP contribution in [0, 0.1) is 17.6 Å². The summed E-state index contributed by atoms with van der Waals surface area (Å²) in [5.41, 5.74) is 3.24. The van der Waals surface area contributed by atoms with Gasteiger partial charge in [-0.2, -0.15) is 0 Å². The topological polar surface area (TPSA) is 38.1 Å². The monoisotopic (exact) mass is 407 g/mol. The molecule has 30 heavy (non-hydrogen) atoms. The Balaban J connectivity index is 1.37. The number of hydrogen-bond donors (Lipinski definition) is 0. The van der Waals surface area contributed by atoms with E-state index in [1.165, 1.54) is 6.07 Å². The van der Waals surface area contributed by atoms with E-state index in [1.807, 2.05) is 43.5 Å². The maximum atomic E-state index is 14.1. The van der Waals surface area contributed by atoms with Crippen molar-refractivity contribution in [3.63, 3.8) is 0 Å². The number of rotatable bonds is 2. The molecule has 0 spiro atoms. The molecule has 1 aromatic heterocycles. The number of imidazole rings is 1. The summed E-state index contributed by atoms with van der Waals surface area (Å²) in [5.74, 6) is -0.254. The van der Waals surface area contributed by atoms with E-state index in [1.54, 1.807) is 4.90 Å². The van der Waals surface area contributed by atoms with Crippen molar-refractivity contribution in [2.75, 3.05) is 6.54 Å². The summed E-state index contributed by atoms with van der Waals surface area (Å²) >= 11 is 0. The normalized spacial score (nSPS) is 20.6. The second-order valence-corrected chi connectivity index (χ2v) is 8.19. The summed E-state index contributed by atoms with van der Waals surface area (Å²) in [4.78, 5) is 19.7. The van der Waals surface area contributed by atoms with E-state index >= 15 is 0 Å². The molecule has 0 bridgehead atoms. The first-order valence-electron chi connectivity index (χ1n) is 10.4. The van der Waals surface area contributed by atoms with Crippen LogP contribution in [0.25, 0.3) is 11.4 Å². The van der Waals surface area contributed by atoms with Gasteiger partial charge in [-0.05, 0) is 37.0 Å². The molecular formula is C24H23F2N3O. The number of fused-ring (bicyclic) bond motifs is 2. The minimum absolute atomic E-state index is 0.0616. The summed E-state index contributed by atoms with van der Waals surface area (Å²) < 4.78 is 30.1. The first-order valence-corrected chi connectivity index (χ1v) is 10.4. The second-order valence-electron chi connectivity index (χ2n) is 8.19. The van der Waals surface area contributed by atoms with E-state index in [0.717, 1.165) is 36.1 Å². The molecule has 4 nitrogen and oxygen atoms in total. The van der Waals surface area contributed by atoms with Crippen molar-refractivity contribution in [2.45, 2.75) is 38.8 Å². The van der Waals surface area contributed by atoms with Crippen molar-refractivity contribution in [2.24, 2.45) is 5.92 Å². The molecule has 154 valence electrons. The van der Waals surface area contributed by atoms with Crippen molar-refractivity contribution < 1.29 is 13.6 Å². The fourth-order valence-corrected chi connectivity index (χ4v) is 4.88. The predicted molar refractivity (Wildman–Crippen MR) is 110 cm³/mol. The van der Waals surface area contributed by atoms with Crippen molar-refractivity contribution in [1.82, 2.24) is 14.5 Å². The van der Waals surface area contributed by atoms with Crippen LogP contribution in [0.15, 0.2) is 48.7 Å². The lowest BCUT2D eigenvalue weighted by molar-refractivity contribution is -0.138. The summed E-state index contributed by atoms with van der Waals surface area (Å²) in [6.07, 6.45) is 3.64. The van der Waals surface area contributed by atoms with Gasteiger partial charge in [0.25, 0.3) is 0 Å². The summed E-state index contributed by atoms with van der Waals surface area (Å²) in [6, 6.07) is 12.0. The lowest BCUT2D eigenvalue weighted by Gasteiger charge is -2.38. The van der Waals surface area contributed by atoms with Crippen LogP contribution in [0.1, 0.15) is 36.2 Å². The highest BCUT2D eigenvalue weighted by Crippen LogP contribution is 2.35. The first-order chi connectivity index (χ1) is 14.5. The van der Waals surface area contributed by atoms with Gasteiger partial charge in [-0.15, -0.1) is 0 Å². The Morgan fingerprint density at radius 2 is 1.93 bits per heavy atom. The number of halogens is 2. The van der Waals surface area contributed by atoms with Crippen LogP contribution < -0.4 is 0 Å². The van der Waals surface area contributed by atoms with Crippen molar-refractivity contribution in [3.8, 4) is 11.4 Å². The minimum Gasteiger partial charge on any atom is -0.335 e. The quantitative estimate of drug-likeness (QED) is 0.626. The maximum absolute atomic E-state index is 14.1. The van der Waals surface area contributed by atoms with Crippen LogP contribution in [-0.4, -0.2) is 26.9 Å². The first kappa shape index (κ1) is 19.0. The lowest BCUT2D eigenvalue weighted by Crippen LogP contribution is -2.44. The molecule has 0 aliphatic carbocycles. The lowest BCUT2D eigenvalue weighted by atomic mass is 9.89. The van der Waals surface area contributed by atoms with Gasteiger partial charge in [-0.25, -0.2) is 13.8 Å². The Kier molecular flexibility index (Phi) is 4.65. The molecule has 2 aliphatic rings. The van der Waals surface area contributed by atoms with Gasteiger partial charge in [-0.3, -0.25) is 4.79 Å². The standard InChI is InChI=1S/C24H23F2N3O/c1-15-21-12-18(25)13-22(26)20(21)8-10-28(15)24(30)17-7-9-29-19(11-17)14-27-23(29)16-5-3-2-4-6-16/h2-6,12-15,17H,7-11H2,1H3/t15-,17+/m1/s1. The third-order valence-corrected chi connectivity index (χ3v) is 6.47. The van der Waals surface area contributed by atoms with E-state index in [2.05, 4.69) is 9.55 Å². The Labute approximate surface area is 174 Å². The van der Waals surface area contributed by atoms with Crippen LogP contribution >= 0.6 is 0 Å². The molecule has 0 saturated heterocycles. The van der Waals surface area contributed by atoms with Crippen molar-refractivity contribution >= 4 is 5.91 Å². The highest BCUT2D eigenvalue weighted by molar-refractivity contribution is 5.80. The Hall–Kier alpha value is -3.02. The molecule has 6 heteroatoms. The smallest absolute Gasteiger partial charge is 0.226 e. The molecule has 1 amide bonds. The molecule has 0 fully saturated rings. The third-order valence-electron chi connectivity index (χ3n) is 6.47. The van der Waals surface area contributed by atoms with Crippen molar-refractivity contribution in [3.05, 3.63) is 77.1 Å². The van der Waals surface area contributed by atoms with Crippen LogP contribution in [0.5, 0.6) is 0 Å². The molecule has 2 atom stereocenters. The van der Waals surface area contributed by atoms with Crippen LogP contribution in [0.4, 0.5) is 8.78 Å². The molecule has 2 aliphatic heterocycles. The van der Waals surface area contributed by atoms with Gasteiger partial charge in [0.05, 0.1) is 6.04 Å². The maximum Gasteiger partial charge on any atom is 0.226 e. The predicted octanol–water partition coefficient (Wildman–Crippen LogP) is 4.54. The summed E-state index contributed by atoms with van der Waals surface area (Å²) in [6.45, 7) is 3.05. The SMILES string of the molecule is C[C@@H]1c2cc(F)cc(F)c2CCN1C(=O)[C@H]1CCn2c(cnc2-c2ccccc2)C1. The van der Waals surface area contributed by atoms with E-state index in [0.29, 0.717) is 30.5 Å². The molecule has 2 aromatic carbocycles. The van der Waals surface area contributed by atoms with Gasteiger partial charge in [0, 0.05) is 48.9 Å². The number of hydrogen-bond acceptors (Lipinski definition) is 2. The number of carbonyl (C=O) groups excluding carboxylic acids is 1. The molecule has 3 aromatic rings. The molecular weight excluding hydrogens is 384 g/mol. The molecule has 0 N–H and O–H groups in total. The number of aromatic nitrogens is 2. The molecule has 0 saturated carbocycles. The fourth-order valence-electron chi connectivity index (χ4n) is 4.88. The largest absolute Gasteiger partial charge is 0.335 e. The third kappa shape index (κ3) is 3.11. The molecule has 0 unspecified atom stereocenters. The zero-order chi connectivity index (χ0) is 20.8. The van der Waals surface area contributed by atoms with Gasteiger partial charge in [0.2, 0.25) is 5.91 Å². The zero-order valence-electron chi connectivity index (χ0n) is 16.8. The number of benzene rings is 2. The average molecular weight is 407 g/mol. The van der Waals surface area contributed by atoms with Crippen LogP contribution in [0.3, 0.4) is 0 Å². The zero-order valence-corrected chi connectivity index (χ0v) is 16.8. The van der Waals surface area contributed by atoms with E-state index in [-0.39, 0.29) is 17.9 Å². The summed E-state index contributed by atoms with van der Waals surface area (Å²) in [5, 5.41) is 0. The highest BCUT2D eigenvalue weighted by atomic mass is 19.1. The highest BCUT2D eigenvalue weighted by Gasteiger charge is 2.35. The van der Waals surface area contributed by atoms with E-state index in [4.69, 9.17) is 0 Å².